The Labute approximate surface area is 471 Å². The van der Waals surface area contributed by atoms with Gasteiger partial charge in [-0.15, -0.1) is 0 Å². The van der Waals surface area contributed by atoms with E-state index in [-0.39, 0.29) is 24.3 Å². The molecule has 27 atom stereocenters. The summed E-state index contributed by atoms with van der Waals surface area (Å²) in [7, 11) is 0. The summed E-state index contributed by atoms with van der Waals surface area (Å²) in [5, 5.41) is 146. The summed E-state index contributed by atoms with van der Waals surface area (Å²) < 4.78 is 48.8. The number of carboxylic acid groups (broad SMARTS) is 1. The molecule has 24 heteroatoms. The third kappa shape index (κ3) is 9.98. The number of fused-ring (bicyclic) bond motifs is 7. The van der Waals surface area contributed by atoms with Gasteiger partial charge in [0, 0.05) is 27.4 Å². The summed E-state index contributed by atoms with van der Waals surface area (Å²) in [5.41, 5.74) is -5.25. The fourth-order valence-electron chi connectivity index (χ4n) is 16.2. The number of carbonyl (C=O) groups excluding carboxylic acids is 2. The van der Waals surface area contributed by atoms with Crippen LogP contribution in [0.4, 0.5) is 0 Å². The van der Waals surface area contributed by atoms with E-state index in [1.807, 2.05) is 27.7 Å². The third-order valence-corrected chi connectivity index (χ3v) is 21.5. The van der Waals surface area contributed by atoms with Crippen LogP contribution >= 0.6 is 0 Å². The topological polar surface area (TPSA) is 388 Å². The molecule has 11 unspecified atom stereocenters. The van der Waals surface area contributed by atoms with Crippen molar-refractivity contribution in [2.75, 3.05) is 26.4 Å². The zero-order valence-corrected chi connectivity index (χ0v) is 47.8. The highest BCUT2D eigenvalue weighted by Crippen LogP contribution is 2.76. The summed E-state index contributed by atoms with van der Waals surface area (Å²) in [4.78, 5) is 40.4. The predicted molar refractivity (Wildman–Crippen MR) is 278 cm³/mol. The third-order valence-electron chi connectivity index (χ3n) is 21.5. The molecule has 24 nitrogen and oxygen atoms in total. The minimum absolute atomic E-state index is 0.165. The molecule has 0 radical (unpaired) electrons. The van der Waals surface area contributed by atoms with Crippen molar-refractivity contribution in [1.82, 2.24) is 0 Å². The number of carboxylic acids is 1. The molecule has 5 aliphatic carbocycles. The maximum Gasteiger partial charge on any atom is 0.335 e. The second-order valence-electron chi connectivity index (χ2n) is 25.9. The molecule has 81 heavy (non-hydrogen) atoms. The SMILES string of the molecule is C/C=C(/C)C(=O)O[C@H]1[C@H](OC(=O)/C(C)=C\C)[C@@]2(CO)C(CC1(C)C)C1=CCC3[C@@]4(C)CC[C@H](O[C@@H]5OC(C(=O)O)[C@@H](O)C(O[C@@H]6O[C@@H](CO)C(O)C6O)C5O[C@@H]5OC(CO)[C@H](O)C(O)C5O)[C@](C)(CO)C4CC[C@@]3(C)[C@]1(C)[C@@H](O)[C@H]2O. The van der Waals surface area contributed by atoms with Gasteiger partial charge in [0.2, 0.25) is 0 Å². The number of aliphatic carboxylic acids is 1. The van der Waals surface area contributed by atoms with Crippen molar-refractivity contribution in [3.63, 3.8) is 0 Å². The van der Waals surface area contributed by atoms with E-state index in [0.717, 1.165) is 5.57 Å². The van der Waals surface area contributed by atoms with Crippen molar-refractivity contribution < 1.29 is 119 Å². The van der Waals surface area contributed by atoms with E-state index in [1.54, 1.807) is 39.8 Å². The molecule has 0 spiro atoms. The van der Waals surface area contributed by atoms with Crippen LogP contribution in [0.2, 0.25) is 0 Å². The van der Waals surface area contributed by atoms with Gasteiger partial charge in [-0.3, -0.25) is 0 Å². The second kappa shape index (κ2) is 23.3. The van der Waals surface area contributed by atoms with Gasteiger partial charge in [0.25, 0.3) is 0 Å². The quantitative estimate of drug-likeness (QED) is 0.0415. The van der Waals surface area contributed by atoms with Crippen LogP contribution in [0.3, 0.4) is 0 Å². The van der Waals surface area contributed by atoms with Crippen LogP contribution in [-0.4, -0.2) is 227 Å². The van der Waals surface area contributed by atoms with E-state index in [4.69, 9.17) is 37.9 Å². The van der Waals surface area contributed by atoms with Gasteiger partial charge in [0.05, 0.1) is 50.2 Å². The minimum Gasteiger partial charge on any atom is -0.479 e. The molecule has 0 aromatic carbocycles. The van der Waals surface area contributed by atoms with Crippen molar-refractivity contribution in [2.45, 2.75) is 224 Å². The molecule has 7 fully saturated rings. The fourth-order valence-corrected chi connectivity index (χ4v) is 16.2. The first-order chi connectivity index (χ1) is 37.9. The summed E-state index contributed by atoms with van der Waals surface area (Å²) in [5.74, 6) is -4.48. The molecule has 8 rings (SSSR count). The minimum atomic E-state index is -2.18. The number of aliphatic hydroxyl groups excluding tert-OH is 12. The Morgan fingerprint density at radius 3 is 1.70 bits per heavy atom. The van der Waals surface area contributed by atoms with Crippen LogP contribution < -0.4 is 0 Å². The van der Waals surface area contributed by atoms with Gasteiger partial charge in [0.1, 0.15) is 67.1 Å². The Kier molecular flexibility index (Phi) is 18.4. The van der Waals surface area contributed by atoms with E-state index in [1.165, 1.54) is 0 Å². The molecule has 0 bridgehead atoms. The monoisotopic (exact) mass is 1160 g/mol. The standard InChI is InChI=1S/C57H88O24/c1-11-24(3)47(72)80-44-45(81-48(73)25(4)12-2)57(23-61)27(19-52(44,5)6)26-13-14-31-53(7)17-16-32(54(8,22-60)30(53)15-18-55(31,9)56(26,10)42(68)43(57)69)76-51-41(79-50-37(66)35(64)33(62)28(20-58)74-50)39(38(67)40(78-51)46(70)71)77-49-36(65)34(63)29(21-59)75-49/h11-13,27-45,49-51,58-69H,14-23H2,1-10H3,(H,70,71)/b24-11-,25-12-/t27?,28?,29-,30?,31?,32-,33-,34?,35?,36?,37?,38-,39?,40?,41?,42-,43+,44-,45-,49-,50-,51+,53-,54+,55+,56-,57-/m0/s1. The van der Waals surface area contributed by atoms with Crippen LogP contribution in [0, 0.1) is 50.2 Å². The van der Waals surface area contributed by atoms with Crippen molar-refractivity contribution in [3.05, 3.63) is 34.9 Å². The van der Waals surface area contributed by atoms with Crippen molar-refractivity contribution >= 4 is 17.9 Å². The number of hydrogen-bond acceptors (Lipinski definition) is 23. The number of esters is 2. The highest BCUT2D eigenvalue weighted by atomic mass is 16.8. The van der Waals surface area contributed by atoms with Crippen LogP contribution in [-0.2, 0) is 52.3 Å². The van der Waals surface area contributed by atoms with Crippen molar-refractivity contribution in [2.24, 2.45) is 50.2 Å². The van der Waals surface area contributed by atoms with Gasteiger partial charge < -0.3 is 104 Å². The highest BCUT2D eigenvalue weighted by molar-refractivity contribution is 5.89. The number of carbonyl (C=O) groups is 3. The lowest BCUT2D eigenvalue weighted by atomic mass is 9.32. The van der Waals surface area contributed by atoms with E-state index < -0.39 is 205 Å². The molecule has 3 saturated heterocycles. The average Bonchev–Trinajstić information content (AvgIpc) is 1.99. The lowest BCUT2D eigenvalue weighted by Gasteiger charge is -2.73. The number of allylic oxidation sites excluding steroid dienone is 3. The van der Waals surface area contributed by atoms with Gasteiger partial charge >= 0.3 is 17.9 Å². The maximum atomic E-state index is 13.9. The number of aliphatic hydroxyl groups is 12. The maximum absolute atomic E-state index is 13.9. The number of hydrogen-bond donors (Lipinski definition) is 13. The van der Waals surface area contributed by atoms with Gasteiger partial charge in [-0.1, -0.05) is 65.3 Å². The Balaban J connectivity index is 1.15. The summed E-state index contributed by atoms with van der Waals surface area (Å²) >= 11 is 0. The van der Waals surface area contributed by atoms with E-state index in [2.05, 4.69) is 19.9 Å². The van der Waals surface area contributed by atoms with Gasteiger partial charge in [-0.2, -0.15) is 0 Å². The molecule has 13 N–H and O–H groups in total. The predicted octanol–water partition coefficient (Wildman–Crippen LogP) is -0.765. The molecule has 0 aromatic rings. The summed E-state index contributed by atoms with van der Waals surface area (Å²) in [6.07, 6.45) is -25.7. The molecular formula is C57H88O24. The number of rotatable bonds is 15. The molecule has 4 saturated carbocycles. The van der Waals surface area contributed by atoms with E-state index in [0.29, 0.717) is 31.3 Å². The Morgan fingerprint density at radius 1 is 0.630 bits per heavy atom. The van der Waals surface area contributed by atoms with E-state index >= 15 is 0 Å². The summed E-state index contributed by atoms with van der Waals surface area (Å²) in [6, 6.07) is 0. The fraction of sp³-hybridized carbons (Fsp3) is 0.842. The first kappa shape index (κ1) is 63.9. The van der Waals surface area contributed by atoms with Gasteiger partial charge in [0.15, 0.2) is 31.1 Å². The first-order valence-electron chi connectivity index (χ1n) is 28.3. The zero-order chi connectivity index (χ0) is 60.0. The molecule has 3 heterocycles. The smallest absolute Gasteiger partial charge is 0.335 e. The van der Waals surface area contributed by atoms with Gasteiger partial charge in [-0.25, -0.2) is 14.4 Å². The average molecular weight is 1160 g/mol. The number of ether oxygens (including phenoxy) is 8. The van der Waals surface area contributed by atoms with E-state index in [9.17, 15) is 80.8 Å². The normalized spacial score (nSPS) is 49.8. The lowest BCUT2D eigenvalue weighted by Crippen LogP contribution is -2.76. The largest absolute Gasteiger partial charge is 0.479 e. The molecular weight excluding hydrogens is 1070 g/mol. The first-order valence-corrected chi connectivity index (χ1v) is 28.3. The Hall–Kier alpha value is -3.09. The van der Waals surface area contributed by atoms with Crippen LogP contribution in [0.15, 0.2) is 34.9 Å². The van der Waals surface area contributed by atoms with Crippen molar-refractivity contribution in [1.29, 1.82) is 0 Å². The highest BCUT2D eigenvalue weighted by Gasteiger charge is 2.77. The molecule has 0 aromatic heterocycles. The Morgan fingerprint density at radius 2 is 1.17 bits per heavy atom. The van der Waals surface area contributed by atoms with Crippen LogP contribution in [0.1, 0.15) is 108 Å². The summed E-state index contributed by atoms with van der Waals surface area (Å²) in [6.45, 7) is 15.3. The van der Waals surface area contributed by atoms with Crippen LogP contribution in [0.25, 0.3) is 0 Å². The molecule has 460 valence electrons. The Bertz CT molecular complexity index is 2410. The lowest BCUT2D eigenvalue weighted by molar-refractivity contribution is -0.387. The molecule has 3 aliphatic heterocycles. The molecule has 8 aliphatic rings. The zero-order valence-electron chi connectivity index (χ0n) is 47.8. The molecule has 0 amide bonds. The second-order valence-corrected chi connectivity index (χ2v) is 25.9. The van der Waals surface area contributed by atoms with Gasteiger partial charge in [-0.05, 0) is 94.8 Å². The van der Waals surface area contributed by atoms with Crippen molar-refractivity contribution in [3.8, 4) is 0 Å². The van der Waals surface area contributed by atoms with Crippen LogP contribution in [0.5, 0.6) is 0 Å².